The fraction of sp³-hybridized carbons (Fsp3) is 0.222. The molecule has 0 atom stereocenters. The highest BCUT2D eigenvalue weighted by Crippen LogP contribution is 2.19. The molecule has 0 saturated carbocycles. The third-order valence-corrected chi connectivity index (χ3v) is 3.07. The zero-order valence-corrected chi connectivity index (χ0v) is 9.76. The summed E-state index contributed by atoms with van der Waals surface area (Å²) in [5.74, 6) is -0.436. The topological polar surface area (TPSA) is 93.8 Å². The molecule has 88 valence electrons. The van der Waals surface area contributed by atoms with Crippen molar-refractivity contribution in [1.29, 1.82) is 0 Å². The van der Waals surface area contributed by atoms with Gasteiger partial charge in [0.2, 0.25) is 5.16 Å². The summed E-state index contributed by atoms with van der Waals surface area (Å²) in [4.78, 5) is 14.5. The van der Waals surface area contributed by atoms with E-state index in [0.717, 1.165) is 5.56 Å². The van der Waals surface area contributed by atoms with Gasteiger partial charge in [-0.2, -0.15) is 0 Å². The van der Waals surface area contributed by atoms with Crippen LogP contribution in [0, 0.1) is 0 Å². The molecule has 0 aliphatic carbocycles. The molecule has 0 fully saturated rings. The Morgan fingerprint density at radius 2 is 2.41 bits per heavy atom. The number of hydrogen-bond acceptors (Lipinski definition) is 6. The number of aromatic carboxylic acids is 1. The van der Waals surface area contributed by atoms with Crippen molar-refractivity contribution >= 4 is 17.7 Å². The maximum Gasteiger partial charge on any atom is 0.354 e. The van der Waals surface area contributed by atoms with Crippen LogP contribution in [0.25, 0.3) is 0 Å². The van der Waals surface area contributed by atoms with Crippen LogP contribution in [0.15, 0.2) is 23.5 Å². The first kappa shape index (κ1) is 11.5. The number of aryl methyl sites for hydroxylation is 1. The van der Waals surface area contributed by atoms with Gasteiger partial charge in [0.05, 0.1) is 0 Å². The van der Waals surface area contributed by atoms with Gasteiger partial charge >= 0.3 is 5.97 Å². The molecular formula is C9H9N5O2S. The van der Waals surface area contributed by atoms with Crippen molar-refractivity contribution in [2.75, 3.05) is 0 Å². The molecule has 0 bridgehead atoms. The molecule has 8 heteroatoms. The lowest BCUT2D eigenvalue weighted by Gasteiger charge is -2.01. The zero-order chi connectivity index (χ0) is 12.3. The Hall–Kier alpha value is -1.96. The minimum Gasteiger partial charge on any atom is -0.477 e. The Labute approximate surface area is 101 Å². The molecular weight excluding hydrogens is 242 g/mol. The minimum atomic E-state index is -1.03. The summed E-state index contributed by atoms with van der Waals surface area (Å²) in [5, 5.41) is 20.5. The highest BCUT2D eigenvalue weighted by molar-refractivity contribution is 7.98. The fourth-order valence-corrected chi connectivity index (χ4v) is 1.97. The summed E-state index contributed by atoms with van der Waals surface area (Å²) >= 11 is 1.43. The Balaban J connectivity index is 2.07. The largest absolute Gasteiger partial charge is 0.477 e. The summed E-state index contributed by atoms with van der Waals surface area (Å²) in [6.07, 6.45) is 1.48. The van der Waals surface area contributed by atoms with Crippen LogP contribution >= 0.6 is 11.8 Å². The quantitative estimate of drug-likeness (QED) is 0.795. The van der Waals surface area contributed by atoms with Crippen molar-refractivity contribution in [3.05, 3.63) is 29.6 Å². The van der Waals surface area contributed by atoms with Gasteiger partial charge in [0.1, 0.15) is 5.69 Å². The lowest BCUT2D eigenvalue weighted by molar-refractivity contribution is 0.0690. The van der Waals surface area contributed by atoms with Crippen LogP contribution in [0.5, 0.6) is 0 Å². The van der Waals surface area contributed by atoms with E-state index in [1.807, 2.05) is 0 Å². The third-order valence-electron chi connectivity index (χ3n) is 1.99. The molecule has 2 heterocycles. The van der Waals surface area contributed by atoms with Crippen LogP contribution in [0.1, 0.15) is 16.1 Å². The van der Waals surface area contributed by atoms with Crippen LogP contribution in [0.3, 0.4) is 0 Å². The molecule has 0 unspecified atom stereocenters. The van der Waals surface area contributed by atoms with Crippen LogP contribution in [-0.2, 0) is 12.8 Å². The number of pyridine rings is 1. The van der Waals surface area contributed by atoms with Crippen molar-refractivity contribution in [2.45, 2.75) is 10.9 Å². The van der Waals surface area contributed by atoms with E-state index in [1.165, 1.54) is 18.0 Å². The number of carbonyl (C=O) groups is 1. The fourth-order valence-electron chi connectivity index (χ4n) is 1.17. The van der Waals surface area contributed by atoms with Crippen LogP contribution in [0.2, 0.25) is 0 Å². The Morgan fingerprint density at radius 1 is 1.59 bits per heavy atom. The number of thioether (sulfide) groups is 1. The number of hydrogen-bond donors (Lipinski definition) is 1. The molecule has 7 nitrogen and oxygen atoms in total. The summed E-state index contributed by atoms with van der Waals surface area (Å²) in [7, 11) is 1.75. The minimum absolute atomic E-state index is 0.0409. The molecule has 0 radical (unpaired) electrons. The number of rotatable bonds is 4. The molecule has 2 aromatic heterocycles. The molecule has 0 spiro atoms. The lowest BCUT2D eigenvalue weighted by atomic mass is 10.2. The molecule has 0 saturated heterocycles. The third kappa shape index (κ3) is 2.78. The predicted octanol–water partition coefficient (Wildman–Crippen LogP) is 0.596. The van der Waals surface area contributed by atoms with Crippen molar-refractivity contribution in [2.24, 2.45) is 7.05 Å². The summed E-state index contributed by atoms with van der Waals surface area (Å²) in [5.41, 5.74) is 0.907. The molecule has 0 aliphatic rings. The van der Waals surface area contributed by atoms with Gasteiger partial charge in [-0.05, 0) is 28.1 Å². The summed E-state index contributed by atoms with van der Waals surface area (Å²) < 4.78 is 1.56. The van der Waals surface area contributed by atoms with Crippen LogP contribution in [-0.4, -0.2) is 36.3 Å². The molecule has 0 amide bonds. The van der Waals surface area contributed by atoms with E-state index in [1.54, 1.807) is 23.9 Å². The average Bonchev–Trinajstić information content (AvgIpc) is 2.72. The highest BCUT2D eigenvalue weighted by atomic mass is 32.2. The SMILES string of the molecule is Cn1nnnc1SCc1ccnc(C(=O)O)c1. The zero-order valence-electron chi connectivity index (χ0n) is 8.94. The molecule has 2 rings (SSSR count). The number of carboxylic acid groups (broad SMARTS) is 1. The number of carboxylic acids is 1. The van der Waals surface area contributed by atoms with Gasteiger partial charge in [-0.3, -0.25) is 0 Å². The van der Waals surface area contributed by atoms with E-state index in [9.17, 15) is 4.79 Å². The van der Waals surface area contributed by atoms with Crippen molar-refractivity contribution in [3.63, 3.8) is 0 Å². The predicted molar refractivity (Wildman–Crippen MR) is 59.6 cm³/mol. The first-order valence-corrected chi connectivity index (χ1v) is 5.69. The summed E-state index contributed by atoms with van der Waals surface area (Å²) in [6, 6.07) is 3.31. The van der Waals surface area contributed by atoms with Gasteiger partial charge in [0.25, 0.3) is 0 Å². The van der Waals surface area contributed by atoms with Gasteiger partial charge in [-0.15, -0.1) is 5.10 Å². The average molecular weight is 251 g/mol. The second-order valence-corrected chi connectivity index (χ2v) is 4.17. The van der Waals surface area contributed by atoms with Gasteiger partial charge < -0.3 is 5.11 Å². The smallest absolute Gasteiger partial charge is 0.354 e. The Bertz CT molecular complexity index is 542. The van der Waals surface area contributed by atoms with Crippen molar-refractivity contribution in [1.82, 2.24) is 25.2 Å². The first-order chi connectivity index (χ1) is 8.16. The molecule has 0 aromatic carbocycles. The highest BCUT2D eigenvalue weighted by Gasteiger charge is 2.07. The van der Waals surface area contributed by atoms with Crippen LogP contribution < -0.4 is 0 Å². The second-order valence-electron chi connectivity index (χ2n) is 3.23. The number of tetrazole rings is 1. The van der Waals surface area contributed by atoms with Gasteiger partial charge in [0, 0.05) is 19.0 Å². The van der Waals surface area contributed by atoms with E-state index in [0.29, 0.717) is 10.9 Å². The van der Waals surface area contributed by atoms with Crippen molar-refractivity contribution in [3.8, 4) is 0 Å². The van der Waals surface area contributed by atoms with E-state index in [4.69, 9.17) is 5.11 Å². The molecule has 2 aromatic rings. The maximum absolute atomic E-state index is 10.7. The van der Waals surface area contributed by atoms with Crippen LogP contribution in [0.4, 0.5) is 0 Å². The van der Waals surface area contributed by atoms with E-state index >= 15 is 0 Å². The lowest BCUT2D eigenvalue weighted by Crippen LogP contribution is -2.00. The summed E-state index contributed by atoms with van der Waals surface area (Å²) in [6.45, 7) is 0. The Morgan fingerprint density at radius 3 is 3.06 bits per heavy atom. The number of nitrogens with zero attached hydrogens (tertiary/aromatic N) is 5. The monoisotopic (exact) mass is 251 g/mol. The maximum atomic E-state index is 10.7. The normalized spacial score (nSPS) is 10.4. The Kier molecular flexibility index (Phi) is 3.33. The van der Waals surface area contributed by atoms with Gasteiger partial charge in [-0.25, -0.2) is 14.5 Å². The van der Waals surface area contributed by atoms with E-state index < -0.39 is 5.97 Å². The molecule has 1 N–H and O–H groups in total. The second kappa shape index (κ2) is 4.91. The first-order valence-electron chi connectivity index (χ1n) is 4.70. The number of aromatic nitrogens is 5. The standard InChI is InChI=1S/C9H9N5O2S/c1-14-9(11-12-13-14)17-5-6-2-3-10-7(4-6)8(15)16/h2-4H,5H2,1H3,(H,15,16). The van der Waals surface area contributed by atoms with Crippen molar-refractivity contribution < 1.29 is 9.90 Å². The molecule has 0 aliphatic heterocycles. The van der Waals surface area contributed by atoms with Gasteiger partial charge in [0.15, 0.2) is 0 Å². The van der Waals surface area contributed by atoms with E-state index in [-0.39, 0.29) is 5.69 Å². The van der Waals surface area contributed by atoms with E-state index in [2.05, 4.69) is 20.5 Å². The van der Waals surface area contributed by atoms with Gasteiger partial charge in [-0.1, -0.05) is 11.8 Å². The molecule has 17 heavy (non-hydrogen) atoms.